The molecule has 0 unspecified atom stereocenters. The van der Waals surface area contributed by atoms with Crippen LogP contribution < -0.4 is 0 Å². The molecule has 0 saturated carbocycles. The maximum Gasteiger partial charge on any atom is 0.240 e. The van der Waals surface area contributed by atoms with E-state index in [-0.39, 0.29) is 5.25 Å². The molecule has 0 aliphatic rings. The van der Waals surface area contributed by atoms with Gasteiger partial charge >= 0.3 is 0 Å². The predicted molar refractivity (Wildman–Crippen MR) is 93.8 cm³/mol. The van der Waals surface area contributed by atoms with Crippen molar-refractivity contribution in [3.63, 3.8) is 0 Å². The lowest BCUT2D eigenvalue weighted by molar-refractivity contribution is 0.379. The summed E-state index contributed by atoms with van der Waals surface area (Å²) >= 11 is 3.22. The summed E-state index contributed by atoms with van der Waals surface area (Å²) in [5.41, 5.74) is 2.10. The van der Waals surface area contributed by atoms with Gasteiger partial charge in [0.25, 0.3) is 0 Å². The molecule has 4 aromatic rings. The molecule has 5 nitrogen and oxygen atoms in total. The van der Waals surface area contributed by atoms with E-state index in [4.69, 9.17) is 8.94 Å². The van der Waals surface area contributed by atoms with Crippen molar-refractivity contribution in [2.45, 2.75) is 16.5 Å². The first-order valence-electron chi connectivity index (χ1n) is 7.34. The quantitative estimate of drug-likeness (QED) is 0.452. The number of aromatic nitrogens is 3. The molecule has 0 amide bonds. The van der Waals surface area contributed by atoms with Gasteiger partial charge in [0.2, 0.25) is 11.7 Å². The minimum absolute atomic E-state index is 0.0102. The Hall–Kier alpha value is -2.38. The lowest BCUT2D eigenvalue weighted by Gasteiger charge is -2.02. The Bertz CT molecular complexity index is 916. The van der Waals surface area contributed by atoms with Gasteiger partial charge in [-0.15, -0.1) is 11.3 Å². The third-order valence-electron chi connectivity index (χ3n) is 3.36. The summed E-state index contributed by atoms with van der Waals surface area (Å²) in [5, 5.41) is 6.04. The fraction of sp³-hybridized carbons (Fsp3) is 0.118. The van der Waals surface area contributed by atoms with E-state index < -0.39 is 0 Å². The standard InChI is InChI=1S/C17H13N3O2S2/c1-11(16-19-15(20-22-16)14-8-5-9-21-14)24-17-18-13(10-23-17)12-6-3-2-4-7-12/h2-11H,1H3/t11-/m1/s1. The minimum atomic E-state index is 0.0102. The number of hydrogen-bond donors (Lipinski definition) is 0. The van der Waals surface area contributed by atoms with Crippen LogP contribution in [-0.2, 0) is 0 Å². The van der Waals surface area contributed by atoms with Crippen molar-refractivity contribution in [1.29, 1.82) is 0 Å². The van der Waals surface area contributed by atoms with Crippen LogP contribution in [0.15, 0.2) is 67.4 Å². The minimum Gasteiger partial charge on any atom is -0.461 e. The van der Waals surface area contributed by atoms with E-state index in [9.17, 15) is 0 Å². The van der Waals surface area contributed by atoms with Crippen molar-refractivity contribution in [2.24, 2.45) is 0 Å². The van der Waals surface area contributed by atoms with Gasteiger partial charge in [-0.2, -0.15) is 4.98 Å². The van der Waals surface area contributed by atoms with E-state index in [0.717, 1.165) is 15.6 Å². The zero-order chi connectivity index (χ0) is 16.4. The van der Waals surface area contributed by atoms with Crippen LogP contribution in [0, 0.1) is 0 Å². The first-order chi connectivity index (χ1) is 11.8. The molecule has 4 rings (SSSR count). The molecule has 3 heterocycles. The van der Waals surface area contributed by atoms with Crippen LogP contribution in [0.5, 0.6) is 0 Å². The SMILES string of the molecule is C[C@@H](Sc1nc(-c2ccccc2)cs1)c1nc(-c2ccco2)no1. The van der Waals surface area contributed by atoms with E-state index in [2.05, 4.69) is 32.6 Å². The van der Waals surface area contributed by atoms with Crippen molar-refractivity contribution in [3.8, 4) is 22.8 Å². The highest BCUT2D eigenvalue weighted by Crippen LogP contribution is 2.37. The van der Waals surface area contributed by atoms with Crippen molar-refractivity contribution in [2.75, 3.05) is 0 Å². The lowest BCUT2D eigenvalue weighted by atomic mass is 10.2. The molecule has 7 heteroatoms. The summed E-state index contributed by atoms with van der Waals surface area (Å²) in [5.74, 6) is 1.62. The maximum absolute atomic E-state index is 5.35. The molecule has 1 atom stereocenters. The predicted octanol–water partition coefficient (Wildman–Crippen LogP) is 5.31. The summed E-state index contributed by atoms with van der Waals surface area (Å²) in [6.07, 6.45) is 1.59. The van der Waals surface area contributed by atoms with Crippen LogP contribution in [0.4, 0.5) is 0 Å². The van der Waals surface area contributed by atoms with Gasteiger partial charge in [-0.25, -0.2) is 4.98 Å². The summed E-state index contributed by atoms with van der Waals surface area (Å²) in [6.45, 7) is 2.02. The van der Waals surface area contributed by atoms with Crippen LogP contribution in [0.2, 0.25) is 0 Å². The smallest absolute Gasteiger partial charge is 0.240 e. The summed E-state index contributed by atoms with van der Waals surface area (Å²) in [7, 11) is 0. The largest absolute Gasteiger partial charge is 0.461 e. The van der Waals surface area contributed by atoms with E-state index in [1.807, 2.05) is 25.1 Å². The summed E-state index contributed by atoms with van der Waals surface area (Å²) in [6, 6.07) is 13.7. The number of benzene rings is 1. The average Bonchev–Trinajstić information content (AvgIpc) is 3.36. The molecule has 3 aromatic heterocycles. The molecule has 0 spiro atoms. The highest BCUT2D eigenvalue weighted by atomic mass is 32.2. The number of rotatable bonds is 5. The van der Waals surface area contributed by atoms with Gasteiger partial charge in [0.1, 0.15) is 0 Å². The fourth-order valence-electron chi connectivity index (χ4n) is 2.16. The Labute approximate surface area is 146 Å². The van der Waals surface area contributed by atoms with Gasteiger partial charge in [-0.1, -0.05) is 47.3 Å². The van der Waals surface area contributed by atoms with Crippen LogP contribution in [0.1, 0.15) is 18.1 Å². The molecule has 0 aliphatic heterocycles. The molecule has 0 N–H and O–H groups in total. The van der Waals surface area contributed by atoms with Gasteiger partial charge in [-0.3, -0.25) is 0 Å². The highest BCUT2D eigenvalue weighted by molar-refractivity contribution is 8.01. The molecule has 0 aliphatic carbocycles. The van der Waals surface area contributed by atoms with Crippen molar-refractivity contribution < 1.29 is 8.94 Å². The van der Waals surface area contributed by atoms with E-state index >= 15 is 0 Å². The number of thioether (sulfide) groups is 1. The molecule has 0 radical (unpaired) electrons. The zero-order valence-electron chi connectivity index (χ0n) is 12.7. The Morgan fingerprint density at radius 2 is 1.96 bits per heavy atom. The second kappa shape index (κ2) is 6.62. The number of thiazole rings is 1. The third-order valence-corrected chi connectivity index (χ3v) is 5.42. The molecule has 0 saturated heterocycles. The third kappa shape index (κ3) is 3.13. The monoisotopic (exact) mass is 355 g/mol. The van der Waals surface area contributed by atoms with Crippen molar-refractivity contribution >= 4 is 23.1 Å². The molecular weight excluding hydrogens is 342 g/mol. The zero-order valence-corrected chi connectivity index (χ0v) is 14.4. The topological polar surface area (TPSA) is 65.0 Å². The number of nitrogens with zero attached hydrogens (tertiary/aromatic N) is 3. The Balaban J connectivity index is 1.49. The van der Waals surface area contributed by atoms with Crippen LogP contribution >= 0.6 is 23.1 Å². The second-order valence-corrected chi connectivity index (χ2v) is 7.50. The first-order valence-corrected chi connectivity index (χ1v) is 9.10. The summed E-state index contributed by atoms with van der Waals surface area (Å²) < 4.78 is 11.6. The molecular formula is C17H13N3O2S2. The molecule has 120 valence electrons. The van der Waals surface area contributed by atoms with Crippen molar-refractivity contribution in [3.05, 3.63) is 60.0 Å². The molecule has 0 fully saturated rings. The molecule has 0 bridgehead atoms. The normalized spacial score (nSPS) is 12.4. The lowest BCUT2D eigenvalue weighted by Crippen LogP contribution is -1.88. The van der Waals surface area contributed by atoms with E-state index in [1.54, 1.807) is 41.5 Å². The Morgan fingerprint density at radius 1 is 1.08 bits per heavy atom. The van der Waals surface area contributed by atoms with Crippen molar-refractivity contribution in [1.82, 2.24) is 15.1 Å². The maximum atomic E-state index is 5.35. The van der Waals surface area contributed by atoms with E-state index in [0.29, 0.717) is 17.5 Å². The average molecular weight is 355 g/mol. The Morgan fingerprint density at radius 3 is 2.75 bits per heavy atom. The van der Waals surface area contributed by atoms with Gasteiger partial charge in [-0.05, 0) is 19.1 Å². The summed E-state index contributed by atoms with van der Waals surface area (Å²) in [4.78, 5) is 9.07. The molecule has 1 aromatic carbocycles. The van der Waals surface area contributed by atoms with Crippen LogP contribution in [0.25, 0.3) is 22.8 Å². The second-order valence-electron chi connectivity index (χ2n) is 5.06. The number of furan rings is 1. The van der Waals surface area contributed by atoms with Gasteiger partial charge < -0.3 is 8.94 Å². The molecule has 24 heavy (non-hydrogen) atoms. The van der Waals surface area contributed by atoms with Crippen LogP contribution in [-0.4, -0.2) is 15.1 Å². The van der Waals surface area contributed by atoms with Gasteiger partial charge in [0, 0.05) is 10.9 Å². The van der Waals surface area contributed by atoms with Gasteiger partial charge in [0.05, 0.1) is 17.2 Å². The van der Waals surface area contributed by atoms with Crippen LogP contribution in [0.3, 0.4) is 0 Å². The number of hydrogen-bond acceptors (Lipinski definition) is 7. The fourth-order valence-corrected chi connectivity index (χ4v) is 4.16. The van der Waals surface area contributed by atoms with Gasteiger partial charge in [0.15, 0.2) is 10.1 Å². The highest BCUT2D eigenvalue weighted by Gasteiger charge is 2.19. The van der Waals surface area contributed by atoms with E-state index in [1.165, 1.54) is 0 Å². The Kier molecular flexibility index (Phi) is 4.18. The first kappa shape index (κ1) is 15.2.